The van der Waals surface area contributed by atoms with Crippen LogP contribution in [0.3, 0.4) is 0 Å². The molecule has 0 atom stereocenters. The molecule has 6 nitrogen and oxygen atoms in total. The highest BCUT2D eigenvalue weighted by Crippen LogP contribution is 2.28. The molecule has 1 heterocycles. The van der Waals surface area contributed by atoms with Crippen LogP contribution in [0.15, 0.2) is 40.3 Å². The van der Waals surface area contributed by atoms with Gasteiger partial charge >= 0.3 is 5.97 Å². The van der Waals surface area contributed by atoms with Crippen molar-refractivity contribution >= 4 is 18.0 Å². The van der Waals surface area contributed by atoms with Gasteiger partial charge in [0, 0.05) is 17.7 Å². The van der Waals surface area contributed by atoms with E-state index in [4.69, 9.17) is 9.15 Å². The fourth-order valence-corrected chi connectivity index (χ4v) is 2.44. The fourth-order valence-electron chi connectivity index (χ4n) is 2.44. The molecule has 0 unspecified atom stereocenters. The van der Waals surface area contributed by atoms with E-state index in [1.807, 2.05) is 26.0 Å². The number of nitrogens with one attached hydrogen (secondary N) is 1. The molecule has 1 N–H and O–H groups in total. The number of esters is 1. The lowest BCUT2D eigenvalue weighted by molar-refractivity contribution is -0.117. The molecular weight excluding hydrogens is 332 g/mol. The minimum absolute atomic E-state index is 0.0420. The van der Waals surface area contributed by atoms with Crippen molar-refractivity contribution in [1.82, 2.24) is 5.32 Å². The van der Waals surface area contributed by atoms with Crippen molar-refractivity contribution in [3.05, 3.63) is 52.8 Å². The number of nitrogens with zero attached hydrogens (tertiary/aromatic N) is 1. The molecule has 0 saturated heterocycles. The Labute approximate surface area is 152 Å². The molecule has 0 aliphatic rings. The molecule has 2 aromatic rings. The van der Waals surface area contributed by atoms with Crippen molar-refractivity contribution in [3.8, 4) is 17.4 Å². The molecule has 26 heavy (non-hydrogen) atoms. The molecule has 0 bridgehead atoms. The molecule has 1 amide bonds. The third-order valence-electron chi connectivity index (χ3n) is 3.70. The van der Waals surface area contributed by atoms with Crippen molar-refractivity contribution in [2.45, 2.75) is 26.8 Å². The Morgan fingerprint density at radius 3 is 2.62 bits per heavy atom. The average Bonchev–Trinajstić information content (AvgIpc) is 3.06. The van der Waals surface area contributed by atoms with Gasteiger partial charge in [0.15, 0.2) is 0 Å². The second kappa shape index (κ2) is 8.17. The summed E-state index contributed by atoms with van der Waals surface area (Å²) in [4.78, 5) is 23.8. The molecule has 0 spiro atoms. The molecule has 134 valence electrons. The van der Waals surface area contributed by atoms with Crippen LogP contribution in [0.25, 0.3) is 17.4 Å². The SMILES string of the molecule is COC(=O)c1cccc(-c2ccc(/C=C(/C#N)C(=O)NC(C)C)o2)c1C. The van der Waals surface area contributed by atoms with Crippen LogP contribution >= 0.6 is 0 Å². The molecule has 0 radical (unpaired) electrons. The number of nitriles is 1. The van der Waals surface area contributed by atoms with Crippen LogP contribution in [-0.2, 0) is 9.53 Å². The summed E-state index contributed by atoms with van der Waals surface area (Å²) in [5.74, 6) is 0.0249. The zero-order valence-corrected chi connectivity index (χ0v) is 15.1. The molecule has 0 aliphatic heterocycles. The third-order valence-corrected chi connectivity index (χ3v) is 3.70. The highest BCUT2D eigenvalue weighted by atomic mass is 16.5. The lowest BCUT2D eigenvalue weighted by Gasteiger charge is -2.08. The maximum Gasteiger partial charge on any atom is 0.338 e. The van der Waals surface area contributed by atoms with Gasteiger partial charge in [-0.25, -0.2) is 4.79 Å². The monoisotopic (exact) mass is 352 g/mol. The van der Waals surface area contributed by atoms with Crippen LogP contribution < -0.4 is 5.32 Å². The van der Waals surface area contributed by atoms with Crippen molar-refractivity contribution in [2.75, 3.05) is 7.11 Å². The number of carbonyl (C=O) groups excluding carboxylic acids is 2. The topological polar surface area (TPSA) is 92.3 Å². The number of carbonyl (C=O) groups is 2. The number of hydrogen-bond acceptors (Lipinski definition) is 5. The van der Waals surface area contributed by atoms with E-state index in [-0.39, 0.29) is 11.6 Å². The van der Waals surface area contributed by atoms with Gasteiger partial charge in [-0.15, -0.1) is 0 Å². The largest absolute Gasteiger partial charge is 0.465 e. The average molecular weight is 352 g/mol. The van der Waals surface area contributed by atoms with E-state index in [1.165, 1.54) is 13.2 Å². The summed E-state index contributed by atoms with van der Waals surface area (Å²) < 4.78 is 10.5. The summed E-state index contributed by atoms with van der Waals surface area (Å²) >= 11 is 0. The zero-order valence-electron chi connectivity index (χ0n) is 15.1. The first-order valence-corrected chi connectivity index (χ1v) is 8.08. The van der Waals surface area contributed by atoms with Crippen molar-refractivity contribution in [1.29, 1.82) is 5.26 Å². The van der Waals surface area contributed by atoms with Crippen molar-refractivity contribution in [2.24, 2.45) is 0 Å². The van der Waals surface area contributed by atoms with E-state index in [9.17, 15) is 14.9 Å². The molecule has 1 aromatic heterocycles. The molecule has 6 heteroatoms. The predicted molar refractivity (Wildman–Crippen MR) is 97.1 cm³/mol. The minimum Gasteiger partial charge on any atom is -0.465 e. The second-order valence-electron chi connectivity index (χ2n) is 5.97. The van der Waals surface area contributed by atoms with Crippen LogP contribution in [0.2, 0.25) is 0 Å². The van der Waals surface area contributed by atoms with E-state index >= 15 is 0 Å². The lowest BCUT2D eigenvalue weighted by atomic mass is 10.0. The fraction of sp³-hybridized carbons (Fsp3) is 0.250. The summed E-state index contributed by atoms with van der Waals surface area (Å²) in [5, 5.41) is 11.9. The van der Waals surface area contributed by atoms with E-state index < -0.39 is 11.9 Å². The zero-order chi connectivity index (χ0) is 19.3. The maximum atomic E-state index is 12.0. The Kier molecular flexibility index (Phi) is 5.97. The second-order valence-corrected chi connectivity index (χ2v) is 5.97. The van der Waals surface area contributed by atoms with Gasteiger partial charge in [0.05, 0.1) is 12.7 Å². The molecular formula is C20H20N2O4. The Morgan fingerprint density at radius 1 is 1.27 bits per heavy atom. The summed E-state index contributed by atoms with van der Waals surface area (Å²) in [7, 11) is 1.33. The third kappa shape index (κ3) is 4.19. The van der Waals surface area contributed by atoms with Crippen LogP contribution in [0.1, 0.15) is 35.5 Å². The lowest BCUT2D eigenvalue weighted by Crippen LogP contribution is -2.30. The number of hydrogen-bond donors (Lipinski definition) is 1. The summed E-state index contributed by atoms with van der Waals surface area (Å²) in [6.45, 7) is 5.43. The van der Waals surface area contributed by atoms with Crippen molar-refractivity contribution in [3.63, 3.8) is 0 Å². The molecule has 0 fully saturated rings. The quantitative estimate of drug-likeness (QED) is 0.505. The van der Waals surface area contributed by atoms with Gasteiger partial charge in [0.2, 0.25) is 0 Å². The number of benzene rings is 1. The standard InChI is InChI=1S/C20H20N2O4/c1-12(2)22-19(23)14(11-21)10-15-8-9-18(26-15)16-6-5-7-17(13(16)3)20(24)25-4/h5-10,12H,1-4H3,(H,22,23)/b14-10-. The number of rotatable bonds is 5. The van der Waals surface area contributed by atoms with Crippen molar-refractivity contribution < 1.29 is 18.7 Å². The predicted octanol–water partition coefficient (Wildman–Crippen LogP) is 3.47. The van der Waals surface area contributed by atoms with Gasteiger partial charge in [-0.1, -0.05) is 12.1 Å². The molecule has 0 saturated carbocycles. The molecule has 2 rings (SSSR count). The van der Waals surface area contributed by atoms with Crippen LogP contribution in [0, 0.1) is 18.3 Å². The van der Waals surface area contributed by atoms with Crippen LogP contribution in [0.4, 0.5) is 0 Å². The Morgan fingerprint density at radius 2 is 2.00 bits per heavy atom. The van der Waals surface area contributed by atoms with Crippen LogP contribution in [0.5, 0.6) is 0 Å². The van der Waals surface area contributed by atoms with Gasteiger partial charge < -0.3 is 14.5 Å². The summed E-state index contributed by atoms with van der Waals surface area (Å²) in [6, 6.07) is 10.4. The van der Waals surface area contributed by atoms with E-state index in [1.54, 1.807) is 31.2 Å². The van der Waals surface area contributed by atoms with Gasteiger partial charge in [-0.3, -0.25) is 4.79 Å². The van der Waals surface area contributed by atoms with E-state index in [0.29, 0.717) is 17.1 Å². The number of amides is 1. The highest BCUT2D eigenvalue weighted by Gasteiger charge is 2.16. The van der Waals surface area contributed by atoms with Gasteiger partial charge in [0.25, 0.3) is 5.91 Å². The first-order chi connectivity index (χ1) is 12.4. The van der Waals surface area contributed by atoms with Gasteiger partial charge in [0.1, 0.15) is 23.2 Å². The van der Waals surface area contributed by atoms with E-state index in [0.717, 1.165) is 11.1 Å². The minimum atomic E-state index is -0.454. The number of furan rings is 1. The van der Waals surface area contributed by atoms with E-state index in [2.05, 4.69) is 5.32 Å². The Hall–Kier alpha value is -3.33. The molecule has 1 aromatic carbocycles. The van der Waals surface area contributed by atoms with Crippen LogP contribution in [-0.4, -0.2) is 25.0 Å². The Bertz CT molecular complexity index is 901. The Balaban J connectivity index is 2.36. The summed E-state index contributed by atoms with van der Waals surface area (Å²) in [6.07, 6.45) is 1.39. The van der Waals surface area contributed by atoms with Gasteiger partial charge in [-0.2, -0.15) is 5.26 Å². The maximum absolute atomic E-state index is 12.0. The number of ether oxygens (including phenoxy) is 1. The first kappa shape index (κ1) is 19.0. The first-order valence-electron chi connectivity index (χ1n) is 8.08. The highest BCUT2D eigenvalue weighted by molar-refractivity contribution is 6.01. The molecule has 0 aliphatic carbocycles. The number of methoxy groups -OCH3 is 1. The van der Waals surface area contributed by atoms with Gasteiger partial charge in [-0.05, 0) is 44.5 Å². The summed E-state index contributed by atoms with van der Waals surface area (Å²) in [5.41, 5.74) is 1.87. The normalized spacial score (nSPS) is 11.2. The smallest absolute Gasteiger partial charge is 0.338 e.